The predicted molar refractivity (Wildman–Crippen MR) is 267 cm³/mol. The van der Waals surface area contributed by atoms with Crippen LogP contribution in [-0.2, 0) is 32.1 Å². The number of nitrogens with one attached hydrogen (secondary N) is 2. The lowest BCUT2D eigenvalue weighted by Crippen LogP contribution is -2.65. The van der Waals surface area contributed by atoms with Gasteiger partial charge in [-0.2, -0.15) is 14.9 Å². The minimum absolute atomic E-state index is 0.0445. The van der Waals surface area contributed by atoms with Gasteiger partial charge in [-0.3, -0.25) is 29.0 Å². The van der Waals surface area contributed by atoms with Crippen LogP contribution in [0.5, 0.6) is 5.88 Å². The summed E-state index contributed by atoms with van der Waals surface area (Å²) in [5, 5.41) is 30.0. The highest BCUT2D eigenvalue weighted by Crippen LogP contribution is 2.40. The number of aryl methyl sites for hydroxylation is 1. The van der Waals surface area contributed by atoms with E-state index in [2.05, 4.69) is 30.6 Å². The van der Waals surface area contributed by atoms with Gasteiger partial charge in [-0.1, -0.05) is 42.8 Å². The Morgan fingerprint density at radius 3 is 2.51 bits per heavy atom. The van der Waals surface area contributed by atoms with E-state index in [4.69, 9.17) is 21.3 Å². The first-order chi connectivity index (χ1) is 36.1. The molecule has 1 saturated carbocycles. The Kier molecular flexibility index (Phi) is 15.5. The van der Waals surface area contributed by atoms with E-state index in [9.17, 15) is 33.5 Å². The number of hydrogen-bond acceptors (Lipinski definition) is 13. The molecule has 6 heterocycles. The molecular formula is C52H51ClF4N12O6. The zero-order valence-electron chi connectivity index (χ0n) is 40.5. The van der Waals surface area contributed by atoms with E-state index in [1.54, 1.807) is 29.0 Å². The number of alkyl halides is 2. The summed E-state index contributed by atoms with van der Waals surface area (Å²) in [7, 11) is 0. The van der Waals surface area contributed by atoms with Crippen molar-refractivity contribution in [2.75, 3.05) is 52.9 Å². The van der Waals surface area contributed by atoms with Crippen molar-refractivity contribution in [3.63, 3.8) is 0 Å². The number of nitrogens with zero attached hydrogens (tertiary/aromatic N) is 10. The third kappa shape index (κ3) is 11.4. The molecule has 2 saturated heterocycles. The van der Waals surface area contributed by atoms with Gasteiger partial charge in [0.25, 0.3) is 17.7 Å². The number of anilines is 4. The van der Waals surface area contributed by atoms with Crippen LogP contribution in [-0.4, -0.2) is 115 Å². The maximum atomic E-state index is 15.5. The number of pyridine rings is 2. The molecule has 18 nitrogen and oxygen atoms in total. The molecular weight excluding hydrogens is 1000 g/mol. The summed E-state index contributed by atoms with van der Waals surface area (Å²) in [5.41, 5.74) is 1.91. The number of aromatic nitrogens is 5. The Labute approximate surface area is 432 Å². The Bertz CT molecular complexity index is 3130. The van der Waals surface area contributed by atoms with Gasteiger partial charge >= 0.3 is 0 Å². The van der Waals surface area contributed by atoms with Crippen LogP contribution in [0, 0.1) is 23.0 Å². The number of carbonyl (C=O) groups excluding carboxylic acids is 4. The van der Waals surface area contributed by atoms with E-state index in [0.29, 0.717) is 29.7 Å². The Balaban J connectivity index is 0.964. The second-order valence-electron chi connectivity index (χ2n) is 18.6. The van der Waals surface area contributed by atoms with Gasteiger partial charge in [-0.15, -0.1) is 0 Å². The minimum atomic E-state index is -3.07. The van der Waals surface area contributed by atoms with Crippen molar-refractivity contribution in [1.82, 2.24) is 34.8 Å². The van der Waals surface area contributed by atoms with Crippen molar-refractivity contribution in [1.29, 1.82) is 5.26 Å². The van der Waals surface area contributed by atoms with Crippen LogP contribution in [0.1, 0.15) is 73.7 Å². The van der Waals surface area contributed by atoms with E-state index in [1.807, 2.05) is 19.1 Å². The number of fused-ring (bicyclic) bond motifs is 1. The highest BCUT2D eigenvalue weighted by atomic mass is 35.5. The number of aliphatic hydroxyl groups is 1. The molecule has 3 atom stereocenters. The Morgan fingerprint density at radius 1 is 1.01 bits per heavy atom. The zero-order chi connectivity index (χ0) is 53.0. The second kappa shape index (κ2) is 22.3. The largest absolute Gasteiger partial charge is 0.468 e. The fourth-order valence-electron chi connectivity index (χ4n) is 9.72. The number of piperidine rings is 1. The molecule has 4 aromatic heterocycles. The molecule has 0 radical (unpaired) electrons. The molecule has 1 aliphatic carbocycles. The molecule has 9 rings (SSSR count). The maximum absolute atomic E-state index is 15.5. The molecule has 4 amide bonds. The summed E-state index contributed by atoms with van der Waals surface area (Å²) in [5.74, 6) is -7.89. The van der Waals surface area contributed by atoms with E-state index in [0.717, 1.165) is 76.8 Å². The van der Waals surface area contributed by atoms with Gasteiger partial charge in [-0.25, -0.2) is 32.5 Å². The first kappa shape index (κ1) is 52.0. The first-order valence-electron chi connectivity index (χ1n) is 24.4. The number of piperazine rings is 1. The molecule has 0 bridgehead atoms. The molecule has 2 aromatic carbocycles. The van der Waals surface area contributed by atoms with Crippen molar-refractivity contribution < 1.29 is 46.6 Å². The Hall–Kier alpha value is -7.90. The van der Waals surface area contributed by atoms with Crippen LogP contribution >= 0.6 is 11.6 Å². The summed E-state index contributed by atoms with van der Waals surface area (Å²) in [6.45, 7) is 1.36. The molecule has 2 aliphatic heterocycles. The summed E-state index contributed by atoms with van der Waals surface area (Å²) >= 11 is 6.65. The average Bonchev–Trinajstić information content (AvgIpc) is 3.82. The van der Waals surface area contributed by atoms with Gasteiger partial charge in [0, 0.05) is 91.4 Å². The predicted octanol–water partition coefficient (Wildman–Crippen LogP) is 6.55. The maximum Gasteiger partial charge on any atom is 0.261 e. The zero-order valence-corrected chi connectivity index (χ0v) is 41.3. The molecule has 0 spiro atoms. The third-order valence-corrected chi connectivity index (χ3v) is 13.8. The van der Waals surface area contributed by atoms with Crippen LogP contribution < -0.4 is 30.1 Å². The quantitative estimate of drug-likeness (QED) is 0.0828. The lowest BCUT2D eigenvalue weighted by Gasteiger charge is -2.43. The fraction of sp³-hybridized carbons (Fsp3) is 0.365. The number of halogens is 5. The van der Waals surface area contributed by atoms with E-state index >= 15 is 13.6 Å². The molecule has 6 aromatic rings. The van der Waals surface area contributed by atoms with Gasteiger partial charge in [0.1, 0.15) is 47.7 Å². The van der Waals surface area contributed by atoms with Crippen molar-refractivity contribution in [2.24, 2.45) is 0 Å². The number of nitriles is 1. The summed E-state index contributed by atoms with van der Waals surface area (Å²) in [6.07, 6.45) is 7.55. The fourth-order valence-corrected chi connectivity index (χ4v) is 9.96. The van der Waals surface area contributed by atoms with Crippen LogP contribution in [0.25, 0.3) is 5.65 Å². The van der Waals surface area contributed by atoms with Gasteiger partial charge in [0.05, 0.1) is 30.1 Å². The highest BCUT2D eigenvalue weighted by molar-refractivity contribution is 6.31. The SMILES string of the molecule is CCc1cnn2c(NCc3ccc(OCC(=O)N4CC(=O)N(c5cc(C#N)ccn5)[C@H](C(=O)N(c5cc(F)cc(F)c5)[C@H](C(=O)NC5CC(F)(F)C5)c5ccccc5Cl)C4)nc3)cc(N3CCCC[C@H]3CCO)nc12. The second-order valence-corrected chi connectivity index (χ2v) is 19.0. The number of benzene rings is 2. The smallest absolute Gasteiger partial charge is 0.261 e. The average molecular weight is 1050 g/mol. The van der Waals surface area contributed by atoms with Gasteiger partial charge < -0.3 is 30.3 Å². The molecule has 0 unspecified atom stereocenters. The number of carbonyl (C=O) groups is 4. The molecule has 23 heteroatoms. The summed E-state index contributed by atoms with van der Waals surface area (Å²) < 4.78 is 66.0. The lowest BCUT2D eigenvalue weighted by molar-refractivity contribution is -0.141. The van der Waals surface area contributed by atoms with E-state index < -0.39 is 97.5 Å². The molecule has 390 valence electrons. The number of ether oxygens (including phenoxy) is 1. The Morgan fingerprint density at radius 2 is 1.80 bits per heavy atom. The monoisotopic (exact) mass is 1050 g/mol. The van der Waals surface area contributed by atoms with Crippen LogP contribution in [0.4, 0.5) is 40.7 Å². The van der Waals surface area contributed by atoms with Crippen LogP contribution in [0.3, 0.4) is 0 Å². The molecule has 3 aliphatic rings. The van der Waals surface area contributed by atoms with Crippen molar-refractivity contribution >= 4 is 64.0 Å². The molecule has 75 heavy (non-hydrogen) atoms. The molecule has 3 fully saturated rings. The van der Waals surface area contributed by atoms with E-state index in [1.165, 1.54) is 42.6 Å². The van der Waals surface area contributed by atoms with Crippen LogP contribution in [0.2, 0.25) is 5.02 Å². The van der Waals surface area contributed by atoms with E-state index in [-0.39, 0.29) is 40.5 Å². The van der Waals surface area contributed by atoms with Crippen molar-refractivity contribution in [3.05, 3.63) is 130 Å². The van der Waals surface area contributed by atoms with Gasteiger partial charge in [0.15, 0.2) is 12.3 Å². The lowest BCUT2D eigenvalue weighted by atomic mass is 9.87. The van der Waals surface area contributed by atoms with Gasteiger partial charge in [-0.05, 0) is 68.0 Å². The number of rotatable bonds is 17. The van der Waals surface area contributed by atoms with Gasteiger partial charge in [0.2, 0.25) is 17.7 Å². The number of aliphatic hydroxyl groups excluding tert-OH is 1. The topological polar surface area (TPSA) is 215 Å². The van der Waals surface area contributed by atoms with Crippen molar-refractivity contribution in [3.8, 4) is 11.9 Å². The number of hydrogen-bond donors (Lipinski definition) is 3. The van der Waals surface area contributed by atoms with Crippen LogP contribution in [0.15, 0.2) is 91.4 Å². The summed E-state index contributed by atoms with van der Waals surface area (Å²) in [4.78, 5) is 76.9. The first-order valence-corrected chi connectivity index (χ1v) is 24.8. The standard InChI is InChI=1S/C52H51ClF4N12O6/c1-2-33-27-62-69-43(21-44(64-49(33)69)66-15-6-5-7-37(66)13-16-70)60-25-32-10-11-45(61-26-32)75-30-47(72)65-28-41(68(46(71)29-65)42-17-31(24-58)12-14-59-42)51(74)67(38-19-34(54)18-35(55)20-38)48(39-8-3-4-9-40(39)53)50(73)63-36-22-52(56,57)23-36/h3-4,8-12,14,17-21,26-27,36-37,41,48,60,70H,2,5-7,13,15-16,22-23,25,28-30H2,1H3,(H,63,73)/t37-,41-,48-/m0/s1. The third-order valence-electron chi connectivity index (χ3n) is 13.5. The highest BCUT2D eigenvalue weighted by Gasteiger charge is 2.49. The summed E-state index contributed by atoms with van der Waals surface area (Å²) in [6, 6.07) is 13.0. The number of amides is 4. The molecule has 3 N–H and O–H groups in total. The normalized spacial score (nSPS) is 18.0. The minimum Gasteiger partial charge on any atom is -0.468 e. The van der Waals surface area contributed by atoms with Crippen molar-refractivity contribution in [2.45, 2.75) is 88.5 Å².